The zero-order chi connectivity index (χ0) is 13.9. The third kappa shape index (κ3) is 4.25. The number of aryl methyl sites for hydroxylation is 2. The fraction of sp³-hybridized carbons (Fsp3) is 0.700. The lowest BCUT2D eigenvalue weighted by atomic mass is 10.1. The highest BCUT2D eigenvalue weighted by Gasteiger charge is 2.28. The second-order valence-electron chi connectivity index (χ2n) is 4.19. The normalized spacial score (nSPS) is 13.9. The molecule has 0 aliphatic rings. The molecule has 1 atom stereocenters. The van der Waals surface area contributed by atoms with Crippen LogP contribution in [0.1, 0.15) is 24.2 Å². The van der Waals surface area contributed by atoms with Crippen LogP contribution in [0, 0.1) is 6.92 Å². The van der Waals surface area contributed by atoms with Crippen LogP contribution in [0.4, 0.5) is 13.2 Å². The molecule has 0 bridgehead atoms. The first-order valence-corrected chi connectivity index (χ1v) is 6.24. The predicted octanol–water partition coefficient (Wildman–Crippen LogP) is 2.21. The maximum absolute atomic E-state index is 12.2. The van der Waals surface area contributed by atoms with E-state index in [-0.39, 0.29) is 6.42 Å². The molecule has 0 aliphatic heterocycles. The van der Waals surface area contributed by atoms with Crippen molar-refractivity contribution in [1.82, 2.24) is 15.2 Å². The first-order valence-electron chi connectivity index (χ1n) is 5.45. The number of hydrogen-bond acceptors (Lipinski definition) is 3. The van der Waals surface area contributed by atoms with Gasteiger partial charge in [-0.2, -0.15) is 18.3 Å². The largest absolute Gasteiger partial charge is 0.389 e. The van der Waals surface area contributed by atoms with Crippen LogP contribution < -0.4 is 11.3 Å². The van der Waals surface area contributed by atoms with Crippen LogP contribution in [0.15, 0.2) is 4.47 Å². The number of halogens is 4. The summed E-state index contributed by atoms with van der Waals surface area (Å²) >= 11 is 3.38. The lowest BCUT2D eigenvalue weighted by Crippen LogP contribution is -2.38. The maximum atomic E-state index is 12.2. The first-order chi connectivity index (χ1) is 8.24. The van der Waals surface area contributed by atoms with Crippen molar-refractivity contribution in [2.75, 3.05) is 0 Å². The minimum absolute atomic E-state index is 0.0589. The van der Waals surface area contributed by atoms with E-state index in [9.17, 15) is 13.2 Å². The number of alkyl halides is 3. The molecule has 0 spiro atoms. The Labute approximate surface area is 112 Å². The Balaban J connectivity index is 2.68. The average molecular weight is 329 g/mol. The molecule has 0 saturated heterocycles. The summed E-state index contributed by atoms with van der Waals surface area (Å²) in [6, 6.07) is -0.433. The highest BCUT2D eigenvalue weighted by atomic mass is 79.9. The van der Waals surface area contributed by atoms with Crippen molar-refractivity contribution in [3.63, 3.8) is 0 Å². The van der Waals surface area contributed by atoms with E-state index in [2.05, 4.69) is 26.5 Å². The quantitative estimate of drug-likeness (QED) is 0.643. The minimum Gasteiger partial charge on any atom is -0.271 e. The summed E-state index contributed by atoms with van der Waals surface area (Å²) in [7, 11) is 1.75. The molecule has 4 nitrogen and oxygen atoms in total. The Morgan fingerprint density at radius 1 is 1.50 bits per heavy atom. The molecule has 0 radical (unpaired) electrons. The first kappa shape index (κ1) is 15.5. The van der Waals surface area contributed by atoms with E-state index in [1.54, 1.807) is 11.7 Å². The van der Waals surface area contributed by atoms with Gasteiger partial charge >= 0.3 is 6.18 Å². The van der Waals surface area contributed by atoms with Gasteiger partial charge in [0, 0.05) is 25.9 Å². The summed E-state index contributed by atoms with van der Waals surface area (Å²) < 4.78 is 38.9. The molecule has 1 aromatic heterocycles. The van der Waals surface area contributed by atoms with E-state index in [0.717, 1.165) is 15.9 Å². The Morgan fingerprint density at radius 2 is 2.11 bits per heavy atom. The van der Waals surface area contributed by atoms with Gasteiger partial charge in [-0.15, -0.1) is 0 Å². The van der Waals surface area contributed by atoms with Gasteiger partial charge in [0.2, 0.25) is 0 Å². The number of nitrogens with zero attached hydrogens (tertiary/aromatic N) is 2. The fourth-order valence-electron chi connectivity index (χ4n) is 1.72. The van der Waals surface area contributed by atoms with Crippen molar-refractivity contribution >= 4 is 15.9 Å². The summed E-state index contributed by atoms with van der Waals surface area (Å²) in [6.45, 7) is 1.83. The molecule has 1 aromatic rings. The Kier molecular flexibility index (Phi) is 5.18. The molecule has 1 heterocycles. The van der Waals surface area contributed by atoms with Gasteiger partial charge in [-0.05, 0) is 29.3 Å². The van der Waals surface area contributed by atoms with Crippen molar-refractivity contribution in [1.29, 1.82) is 0 Å². The van der Waals surface area contributed by atoms with E-state index in [0.29, 0.717) is 6.42 Å². The van der Waals surface area contributed by atoms with Crippen LogP contribution in [-0.4, -0.2) is 22.0 Å². The molecule has 1 unspecified atom stereocenters. The van der Waals surface area contributed by atoms with E-state index in [4.69, 9.17) is 5.84 Å². The van der Waals surface area contributed by atoms with E-state index in [1.807, 2.05) is 6.92 Å². The third-order valence-electron chi connectivity index (χ3n) is 2.71. The summed E-state index contributed by atoms with van der Waals surface area (Å²) in [4.78, 5) is 0. The number of nitrogens with two attached hydrogens (primary N) is 1. The Morgan fingerprint density at radius 3 is 2.50 bits per heavy atom. The second kappa shape index (κ2) is 6.03. The van der Waals surface area contributed by atoms with Gasteiger partial charge in [0.25, 0.3) is 0 Å². The van der Waals surface area contributed by atoms with Crippen molar-refractivity contribution in [2.45, 2.75) is 38.4 Å². The molecule has 0 aliphatic carbocycles. The predicted molar refractivity (Wildman–Crippen MR) is 65.7 cm³/mol. The van der Waals surface area contributed by atoms with Crippen LogP contribution in [0.25, 0.3) is 0 Å². The fourth-order valence-corrected chi connectivity index (χ4v) is 2.22. The molecule has 0 aromatic carbocycles. The van der Waals surface area contributed by atoms with Gasteiger partial charge in [0.05, 0.1) is 15.9 Å². The highest BCUT2D eigenvalue weighted by molar-refractivity contribution is 9.10. The number of rotatable bonds is 5. The molecule has 0 amide bonds. The standard InChI is InChI=1S/C10H16BrF3N4/c1-6-9(11)8(18(2)17-6)5-7(16-15)3-4-10(12,13)14/h7,16H,3-5,15H2,1-2H3. The van der Waals surface area contributed by atoms with Gasteiger partial charge in [0.1, 0.15) is 0 Å². The van der Waals surface area contributed by atoms with E-state index >= 15 is 0 Å². The van der Waals surface area contributed by atoms with Gasteiger partial charge < -0.3 is 0 Å². The van der Waals surface area contributed by atoms with Crippen molar-refractivity contribution in [3.05, 3.63) is 15.9 Å². The van der Waals surface area contributed by atoms with Crippen LogP contribution in [0.5, 0.6) is 0 Å². The highest BCUT2D eigenvalue weighted by Crippen LogP contribution is 2.25. The number of aromatic nitrogens is 2. The van der Waals surface area contributed by atoms with Crippen molar-refractivity contribution in [3.8, 4) is 0 Å². The maximum Gasteiger partial charge on any atom is 0.389 e. The molecular weight excluding hydrogens is 313 g/mol. The van der Waals surface area contributed by atoms with Crippen LogP contribution in [0.2, 0.25) is 0 Å². The molecule has 0 fully saturated rings. The summed E-state index contributed by atoms with van der Waals surface area (Å²) in [5.41, 5.74) is 4.06. The molecule has 3 N–H and O–H groups in total. The van der Waals surface area contributed by atoms with Gasteiger partial charge in [-0.3, -0.25) is 16.0 Å². The molecule has 104 valence electrons. The average Bonchev–Trinajstić information content (AvgIpc) is 2.48. The zero-order valence-corrected chi connectivity index (χ0v) is 11.8. The number of nitrogens with one attached hydrogen (secondary N) is 1. The van der Waals surface area contributed by atoms with Crippen molar-refractivity contribution in [2.24, 2.45) is 12.9 Å². The van der Waals surface area contributed by atoms with E-state index in [1.165, 1.54) is 0 Å². The van der Waals surface area contributed by atoms with Crippen LogP contribution in [0.3, 0.4) is 0 Å². The number of hydrogen-bond donors (Lipinski definition) is 2. The van der Waals surface area contributed by atoms with Gasteiger partial charge in [-0.25, -0.2) is 0 Å². The molecular formula is C10H16BrF3N4. The monoisotopic (exact) mass is 328 g/mol. The second-order valence-corrected chi connectivity index (χ2v) is 4.98. The van der Waals surface area contributed by atoms with Gasteiger partial charge in [-0.1, -0.05) is 0 Å². The van der Waals surface area contributed by atoms with Crippen LogP contribution >= 0.6 is 15.9 Å². The summed E-state index contributed by atoms with van der Waals surface area (Å²) in [5, 5.41) is 4.19. The SMILES string of the molecule is Cc1nn(C)c(CC(CCC(F)(F)F)NN)c1Br. The summed E-state index contributed by atoms with van der Waals surface area (Å²) in [6.07, 6.45) is -4.67. The topological polar surface area (TPSA) is 55.9 Å². The number of hydrazine groups is 1. The zero-order valence-electron chi connectivity index (χ0n) is 10.2. The van der Waals surface area contributed by atoms with Crippen molar-refractivity contribution < 1.29 is 13.2 Å². The lowest BCUT2D eigenvalue weighted by molar-refractivity contribution is -0.136. The molecule has 8 heteroatoms. The van der Waals surface area contributed by atoms with Gasteiger partial charge in [0.15, 0.2) is 0 Å². The lowest BCUT2D eigenvalue weighted by Gasteiger charge is -2.17. The molecule has 0 saturated carbocycles. The molecule has 18 heavy (non-hydrogen) atoms. The van der Waals surface area contributed by atoms with Crippen LogP contribution in [-0.2, 0) is 13.5 Å². The summed E-state index contributed by atoms with van der Waals surface area (Å²) in [5.74, 6) is 5.29. The van der Waals surface area contributed by atoms with E-state index < -0.39 is 18.6 Å². The third-order valence-corrected chi connectivity index (χ3v) is 3.74. The molecule has 1 rings (SSSR count). The Bertz CT molecular complexity index is 403. The smallest absolute Gasteiger partial charge is 0.271 e. The Hall–Kier alpha value is -0.600. The minimum atomic E-state index is -4.16.